The SMILES string of the molecule is c1ccc(-c2ccc(N(c3cccc(-c4ccc5c(c4)-c4cccc6cccc(c46)O5)c3)c3cccc4ccccc34)cc2)cc1. The molecule has 0 N–H and O–H groups in total. The highest BCUT2D eigenvalue weighted by Crippen LogP contribution is 2.48. The van der Waals surface area contributed by atoms with Crippen LogP contribution >= 0.6 is 0 Å². The largest absolute Gasteiger partial charge is 0.456 e. The second-order valence-electron chi connectivity index (χ2n) is 11.8. The van der Waals surface area contributed by atoms with E-state index in [9.17, 15) is 0 Å². The number of ether oxygens (including phenoxy) is 1. The fraction of sp³-hybridized carbons (Fsp3) is 0. The van der Waals surface area contributed by atoms with Gasteiger partial charge in [0.05, 0.1) is 5.69 Å². The minimum absolute atomic E-state index is 0.891. The van der Waals surface area contributed by atoms with E-state index < -0.39 is 0 Å². The molecule has 1 heterocycles. The predicted molar refractivity (Wildman–Crippen MR) is 193 cm³/mol. The molecule has 0 aromatic heterocycles. The maximum absolute atomic E-state index is 6.39. The molecule has 0 amide bonds. The van der Waals surface area contributed by atoms with Gasteiger partial charge in [0.15, 0.2) is 0 Å². The summed E-state index contributed by atoms with van der Waals surface area (Å²) < 4.78 is 6.39. The van der Waals surface area contributed by atoms with Crippen LogP contribution in [0.3, 0.4) is 0 Å². The molecular formula is C44H29NO. The Labute approximate surface area is 268 Å². The quantitative estimate of drug-likeness (QED) is 0.199. The molecule has 0 bridgehead atoms. The van der Waals surface area contributed by atoms with Crippen molar-refractivity contribution in [2.24, 2.45) is 0 Å². The van der Waals surface area contributed by atoms with Gasteiger partial charge in [-0.05, 0) is 87.1 Å². The Morgan fingerprint density at radius 2 is 1.02 bits per heavy atom. The molecule has 0 saturated carbocycles. The first-order valence-corrected chi connectivity index (χ1v) is 15.7. The number of anilines is 3. The van der Waals surface area contributed by atoms with E-state index in [-0.39, 0.29) is 0 Å². The fourth-order valence-corrected chi connectivity index (χ4v) is 6.83. The van der Waals surface area contributed by atoms with Crippen LogP contribution in [0.2, 0.25) is 0 Å². The van der Waals surface area contributed by atoms with Crippen molar-refractivity contribution < 1.29 is 4.74 Å². The molecule has 0 saturated heterocycles. The zero-order chi connectivity index (χ0) is 30.5. The Balaban J connectivity index is 1.18. The molecule has 0 atom stereocenters. The molecule has 8 aromatic carbocycles. The summed E-state index contributed by atoms with van der Waals surface area (Å²) in [5.74, 6) is 1.81. The topological polar surface area (TPSA) is 12.5 Å². The average Bonchev–Trinajstić information content (AvgIpc) is 3.13. The van der Waals surface area contributed by atoms with Gasteiger partial charge < -0.3 is 9.64 Å². The fourth-order valence-electron chi connectivity index (χ4n) is 6.83. The van der Waals surface area contributed by atoms with Crippen molar-refractivity contribution in [3.8, 4) is 44.9 Å². The molecule has 8 aromatic rings. The summed E-state index contributed by atoms with van der Waals surface area (Å²) in [5, 5.41) is 4.79. The van der Waals surface area contributed by atoms with Crippen LogP contribution in [0.1, 0.15) is 0 Å². The van der Waals surface area contributed by atoms with Crippen LogP contribution in [0.4, 0.5) is 17.1 Å². The van der Waals surface area contributed by atoms with E-state index in [1.54, 1.807) is 0 Å². The van der Waals surface area contributed by atoms with Gasteiger partial charge in [0.1, 0.15) is 11.5 Å². The molecule has 2 nitrogen and oxygen atoms in total. The maximum Gasteiger partial charge on any atom is 0.135 e. The van der Waals surface area contributed by atoms with Crippen LogP contribution in [0.15, 0.2) is 176 Å². The van der Waals surface area contributed by atoms with Crippen LogP contribution in [0.5, 0.6) is 11.5 Å². The number of rotatable bonds is 5. The number of hydrogen-bond donors (Lipinski definition) is 0. The van der Waals surface area contributed by atoms with Gasteiger partial charge in [-0.25, -0.2) is 0 Å². The minimum atomic E-state index is 0.891. The molecule has 9 rings (SSSR count). The second kappa shape index (κ2) is 10.8. The number of nitrogens with zero attached hydrogens (tertiary/aromatic N) is 1. The molecule has 0 spiro atoms. The number of fused-ring (bicyclic) bond motifs is 3. The zero-order valence-corrected chi connectivity index (χ0v) is 25.1. The Kier molecular flexibility index (Phi) is 6.17. The first-order valence-electron chi connectivity index (χ1n) is 15.7. The van der Waals surface area contributed by atoms with Crippen molar-refractivity contribution >= 4 is 38.6 Å². The molecule has 2 heteroatoms. The molecular weight excluding hydrogens is 558 g/mol. The van der Waals surface area contributed by atoms with Crippen LogP contribution < -0.4 is 9.64 Å². The van der Waals surface area contributed by atoms with Crippen LogP contribution in [0, 0.1) is 0 Å². The highest BCUT2D eigenvalue weighted by atomic mass is 16.5. The van der Waals surface area contributed by atoms with Gasteiger partial charge in [-0.3, -0.25) is 0 Å². The van der Waals surface area contributed by atoms with Gasteiger partial charge in [0.25, 0.3) is 0 Å². The molecule has 0 fully saturated rings. The molecule has 0 aliphatic carbocycles. The van der Waals surface area contributed by atoms with Crippen LogP contribution in [-0.2, 0) is 0 Å². The Hall–Kier alpha value is -6.12. The summed E-state index contributed by atoms with van der Waals surface area (Å²) in [6, 6.07) is 62.8. The predicted octanol–water partition coefficient (Wildman–Crippen LogP) is 12.6. The van der Waals surface area contributed by atoms with Crippen molar-refractivity contribution in [1.82, 2.24) is 0 Å². The molecule has 0 unspecified atom stereocenters. The van der Waals surface area contributed by atoms with E-state index in [0.717, 1.165) is 45.3 Å². The van der Waals surface area contributed by atoms with Crippen molar-refractivity contribution in [2.45, 2.75) is 0 Å². The van der Waals surface area contributed by atoms with Crippen LogP contribution in [-0.4, -0.2) is 0 Å². The lowest BCUT2D eigenvalue weighted by atomic mass is 9.92. The smallest absolute Gasteiger partial charge is 0.135 e. The number of hydrogen-bond acceptors (Lipinski definition) is 2. The highest BCUT2D eigenvalue weighted by Gasteiger charge is 2.21. The van der Waals surface area contributed by atoms with E-state index in [1.807, 2.05) is 0 Å². The van der Waals surface area contributed by atoms with Gasteiger partial charge in [-0.1, -0.05) is 127 Å². The first kappa shape index (κ1) is 26.3. The van der Waals surface area contributed by atoms with Crippen molar-refractivity contribution in [3.63, 3.8) is 0 Å². The van der Waals surface area contributed by atoms with E-state index in [4.69, 9.17) is 4.74 Å². The Morgan fingerprint density at radius 1 is 0.370 bits per heavy atom. The van der Waals surface area contributed by atoms with Crippen LogP contribution in [0.25, 0.3) is 54.9 Å². The lowest BCUT2D eigenvalue weighted by Crippen LogP contribution is -2.10. The minimum Gasteiger partial charge on any atom is -0.456 e. The third-order valence-corrected chi connectivity index (χ3v) is 9.03. The lowest BCUT2D eigenvalue weighted by Gasteiger charge is -2.27. The molecule has 1 aliphatic rings. The molecule has 0 radical (unpaired) electrons. The van der Waals surface area contributed by atoms with E-state index in [1.165, 1.54) is 38.2 Å². The number of benzene rings is 8. The molecule has 1 aliphatic heterocycles. The third kappa shape index (κ3) is 4.43. The molecule has 216 valence electrons. The summed E-state index contributed by atoms with van der Waals surface area (Å²) in [6.07, 6.45) is 0. The summed E-state index contributed by atoms with van der Waals surface area (Å²) in [5.41, 5.74) is 10.4. The van der Waals surface area contributed by atoms with Gasteiger partial charge in [0.2, 0.25) is 0 Å². The van der Waals surface area contributed by atoms with E-state index in [0.29, 0.717) is 0 Å². The first-order chi connectivity index (χ1) is 22.8. The van der Waals surface area contributed by atoms with Gasteiger partial charge in [0, 0.05) is 27.7 Å². The van der Waals surface area contributed by atoms with Crippen molar-refractivity contribution in [1.29, 1.82) is 0 Å². The highest BCUT2D eigenvalue weighted by molar-refractivity contribution is 6.05. The monoisotopic (exact) mass is 587 g/mol. The lowest BCUT2D eigenvalue weighted by molar-refractivity contribution is 0.487. The summed E-state index contributed by atoms with van der Waals surface area (Å²) in [4.78, 5) is 2.37. The van der Waals surface area contributed by atoms with E-state index in [2.05, 4.69) is 181 Å². The van der Waals surface area contributed by atoms with Gasteiger partial charge in [-0.2, -0.15) is 0 Å². The Bertz CT molecular complexity index is 2380. The van der Waals surface area contributed by atoms with Crippen molar-refractivity contribution in [3.05, 3.63) is 176 Å². The van der Waals surface area contributed by atoms with Crippen molar-refractivity contribution in [2.75, 3.05) is 4.90 Å². The van der Waals surface area contributed by atoms with E-state index >= 15 is 0 Å². The standard InChI is InChI=1S/C44H29NO/c1-2-10-30(11-3-1)31-22-25-36(26-23-31)45(41-20-8-13-32-12-4-5-18-38(32)41)37-17-6-16-34(28-37)35-24-27-42-40(29-35)39-19-7-14-33-15-9-21-43(46-42)44(33)39/h1-29H. The third-order valence-electron chi connectivity index (χ3n) is 9.03. The Morgan fingerprint density at radius 3 is 1.91 bits per heavy atom. The zero-order valence-electron chi connectivity index (χ0n) is 25.1. The average molecular weight is 588 g/mol. The normalized spacial score (nSPS) is 11.7. The molecule has 46 heavy (non-hydrogen) atoms. The summed E-state index contributed by atoms with van der Waals surface area (Å²) in [6.45, 7) is 0. The second-order valence-corrected chi connectivity index (χ2v) is 11.8. The summed E-state index contributed by atoms with van der Waals surface area (Å²) >= 11 is 0. The van der Waals surface area contributed by atoms with Gasteiger partial charge >= 0.3 is 0 Å². The van der Waals surface area contributed by atoms with Gasteiger partial charge in [-0.15, -0.1) is 0 Å². The maximum atomic E-state index is 6.39. The summed E-state index contributed by atoms with van der Waals surface area (Å²) in [7, 11) is 0.